The van der Waals surface area contributed by atoms with Gasteiger partial charge in [0, 0.05) is 0 Å². The summed E-state index contributed by atoms with van der Waals surface area (Å²) in [5, 5.41) is 0. The molecule has 1 aliphatic heterocycles. The van der Waals surface area contributed by atoms with Gasteiger partial charge in [0.2, 0.25) is 0 Å². The van der Waals surface area contributed by atoms with Gasteiger partial charge in [0.15, 0.2) is 0 Å². The van der Waals surface area contributed by atoms with Gasteiger partial charge in [0.05, 0.1) is 11.8 Å². The lowest BCUT2D eigenvalue weighted by Gasteiger charge is -2.12. The zero-order chi connectivity index (χ0) is 9.16. The van der Waals surface area contributed by atoms with Gasteiger partial charge in [-0.3, -0.25) is 9.59 Å². The van der Waals surface area contributed by atoms with Crippen LogP contribution in [-0.4, -0.2) is 11.9 Å². The smallest absolute Gasteiger partial charge is 0.318 e. The maximum absolute atomic E-state index is 11.3. The maximum atomic E-state index is 11.3. The van der Waals surface area contributed by atoms with Gasteiger partial charge in [0.25, 0.3) is 0 Å². The first-order chi connectivity index (χ1) is 6.20. The highest BCUT2D eigenvalue weighted by Crippen LogP contribution is 2.55. The lowest BCUT2D eigenvalue weighted by molar-refractivity contribution is -0.155. The maximum Gasteiger partial charge on any atom is 0.318 e. The van der Waals surface area contributed by atoms with Crippen LogP contribution in [0.1, 0.15) is 6.92 Å². The highest BCUT2D eigenvalue weighted by molar-refractivity contribution is 5.98. The SMILES string of the molecule is CC1C2C=CC1C1C(=O)OC(=O)C21. The van der Waals surface area contributed by atoms with Crippen LogP contribution in [0.2, 0.25) is 0 Å². The largest absolute Gasteiger partial charge is 0.393 e. The van der Waals surface area contributed by atoms with Crippen molar-refractivity contribution in [2.24, 2.45) is 29.6 Å². The second kappa shape index (κ2) is 2.03. The van der Waals surface area contributed by atoms with E-state index in [4.69, 9.17) is 0 Å². The summed E-state index contributed by atoms with van der Waals surface area (Å²) in [6, 6.07) is 0. The molecular formula is C10H10O3. The average molecular weight is 178 g/mol. The number of fused-ring (bicyclic) bond motifs is 5. The molecule has 0 aromatic rings. The highest BCUT2D eigenvalue weighted by atomic mass is 16.6. The number of carbonyl (C=O) groups excluding carboxylic acids is 2. The Morgan fingerprint density at radius 1 is 1.08 bits per heavy atom. The zero-order valence-electron chi connectivity index (χ0n) is 7.27. The molecule has 68 valence electrons. The summed E-state index contributed by atoms with van der Waals surface area (Å²) < 4.78 is 4.64. The minimum atomic E-state index is -0.307. The summed E-state index contributed by atoms with van der Waals surface area (Å²) in [6.45, 7) is 2.11. The van der Waals surface area contributed by atoms with Crippen molar-refractivity contribution in [3.63, 3.8) is 0 Å². The number of rotatable bonds is 0. The standard InChI is InChI=1S/C10H10O3/c1-4-5-2-3-6(4)8-7(5)9(11)13-10(8)12/h2-8H,1H3. The van der Waals surface area contributed by atoms with Crippen molar-refractivity contribution < 1.29 is 14.3 Å². The van der Waals surface area contributed by atoms with Crippen molar-refractivity contribution in [1.29, 1.82) is 0 Å². The summed E-state index contributed by atoms with van der Waals surface area (Å²) in [7, 11) is 0. The topological polar surface area (TPSA) is 43.4 Å². The summed E-state index contributed by atoms with van der Waals surface area (Å²) >= 11 is 0. The zero-order valence-corrected chi connectivity index (χ0v) is 7.27. The second-order valence-corrected chi connectivity index (χ2v) is 4.19. The van der Waals surface area contributed by atoms with Crippen molar-refractivity contribution >= 4 is 11.9 Å². The molecule has 2 bridgehead atoms. The molecule has 4 atom stereocenters. The average Bonchev–Trinajstić information content (AvgIpc) is 2.67. The Morgan fingerprint density at radius 2 is 1.54 bits per heavy atom. The third-order valence-electron chi connectivity index (χ3n) is 3.73. The van der Waals surface area contributed by atoms with Gasteiger partial charge in [-0.15, -0.1) is 0 Å². The Balaban J connectivity index is 2.09. The van der Waals surface area contributed by atoms with E-state index in [1.165, 1.54) is 0 Å². The third kappa shape index (κ3) is 0.666. The first kappa shape index (κ1) is 7.30. The molecule has 0 aromatic heterocycles. The fraction of sp³-hybridized carbons (Fsp3) is 0.600. The van der Waals surface area contributed by atoms with E-state index in [-0.39, 0.29) is 35.6 Å². The van der Waals surface area contributed by atoms with Crippen LogP contribution in [0.3, 0.4) is 0 Å². The molecule has 3 aliphatic rings. The molecule has 0 spiro atoms. The van der Waals surface area contributed by atoms with E-state index in [9.17, 15) is 9.59 Å². The van der Waals surface area contributed by atoms with Gasteiger partial charge in [-0.25, -0.2) is 0 Å². The van der Waals surface area contributed by atoms with E-state index in [2.05, 4.69) is 23.8 Å². The normalized spacial score (nSPS) is 51.3. The monoisotopic (exact) mass is 178 g/mol. The molecule has 3 heteroatoms. The van der Waals surface area contributed by atoms with E-state index in [1.807, 2.05) is 0 Å². The number of ether oxygens (including phenoxy) is 1. The lowest BCUT2D eigenvalue weighted by atomic mass is 9.85. The molecular weight excluding hydrogens is 168 g/mol. The van der Waals surface area contributed by atoms with Crippen LogP contribution < -0.4 is 0 Å². The van der Waals surface area contributed by atoms with Crippen molar-refractivity contribution in [2.45, 2.75) is 6.92 Å². The Labute approximate surface area is 75.8 Å². The first-order valence-electron chi connectivity index (χ1n) is 4.64. The number of esters is 2. The third-order valence-corrected chi connectivity index (χ3v) is 3.73. The van der Waals surface area contributed by atoms with Gasteiger partial charge in [-0.1, -0.05) is 19.1 Å². The molecule has 0 N–H and O–H groups in total. The first-order valence-corrected chi connectivity index (χ1v) is 4.64. The molecule has 0 amide bonds. The van der Waals surface area contributed by atoms with E-state index in [1.54, 1.807) is 0 Å². The Bertz CT molecular complexity index is 301. The summed E-state index contributed by atoms with van der Waals surface area (Å²) in [4.78, 5) is 22.6. The van der Waals surface area contributed by atoms with Crippen LogP contribution in [-0.2, 0) is 14.3 Å². The molecule has 0 aromatic carbocycles. The van der Waals surface area contributed by atoms with Crippen LogP contribution in [0.5, 0.6) is 0 Å². The van der Waals surface area contributed by atoms with Crippen molar-refractivity contribution in [1.82, 2.24) is 0 Å². The molecule has 1 saturated carbocycles. The molecule has 13 heavy (non-hydrogen) atoms. The molecule has 1 heterocycles. The van der Waals surface area contributed by atoms with Crippen LogP contribution in [0.25, 0.3) is 0 Å². The Kier molecular flexibility index (Phi) is 1.14. The molecule has 3 rings (SSSR count). The number of hydrogen-bond donors (Lipinski definition) is 0. The second-order valence-electron chi connectivity index (χ2n) is 4.19. The predicted molar refractivity (Wildman–Crippen MR) is 43.4 cm³/mol. The van der Waals surface area contributed by atoms with Crippen molar-refractivity contribution in [2.75, 3.05) is 0 Å². The van der Waals surface area contributed by atoms with Crippen molar-refractivity contribution in [3.8, 4) is 0 Å². The molecule has 4 unspecified atom stereocenters. The lowest BCUT2D eigenvalue weighted by Crippen LogP contribution is -2.21. The number of hydrogen-bond acceptors (Lipinski definition) is 3. The van der Waals surface area contributed by atoms with Gasteiger partial charge in [0.1, 0.15) is 0 Å². The Morgan fingerprint density at radius 3 is 2.00 bits per heavy atom. The van der Waals surface area contributed by atoms with Crippen LogP contribution in [0.4, 0.5) is 0 Å². The molecule has 1 saturated heterocycles. The minimum absolute atomic E-state index is 0.169. The molecule has 2 fully saturated rings. The van der Waals surface area contributed by atoms with E-state index in [0.717, 1.165) is 0 Å². The summed E-state index contributed by atoms with van der Waals surface area (Å²) in [5.74, 6) is -0.0258. The summed E-state index contributed by atoms with van der Waals surface area (Å²) in [6.07, 6.45) is 4.13. The van der Waals surface area contributed by atoms with Gasteiger partial charge in [-0.2, -0.15) is 0 Å². The number of carbonyl (C=O) groups is 2. The van der Waals surface area contributed by atoms with Gasteiger partial charge in [-0.05, 0) is 17.8 Å². The molecule has 2 aliphatic carbocycles. The highest BCUT2D eigenvalue weighted by Gasteiger charge is 2.61. The minimum Gasteiger partial charge on any atom is -0.393 e. The van der Waals surface area contributed by atoms with E-state index < -0.39 is 0 Å². The number of allylic oxidation sites excluding steroid dienone is 2. The fourth-order valence-corrected chi connectivity index (χ4v) is 3.08. The molecule has 0 radical (unpaired) electrons. The molecule has 3 nitrogen and oxygen atoms in total. The predicted octanol–water partition coefficient (Wildman–Crippen LogP) is 0.754. The van der Waals surface area contributed by atoms with Crippen molar-refractivity contribution in [3.05, 3.63) is 12.2 Å². The van der Waals surface area contributed by atoms with Gasteiger partial charge < -0.3 is 4.74 Å². The number of cyclic esters (lactones) is 2. The fourth-order valence-electron chi connectivity index (χ4n) is 3.08. The van der Waals surface area contributed by atoms with Crippen LogP contribution >= 0.6 is 0 Å². The van der Waals surface area contributed by atoms with Crippen LogP contribution in [0, 0.1) is 29.6 Å². The van der Waals surface area contributed by atoms with Gasteiger partial charge >= 0.3 is 11.9 Å². The Hall–Kier alpha value is -1.12. The summed E-state index contributed by atoms with van der Waals surface area (Å²) in [5.41, 5.74) is 0. The van der Waals surface area contributed by atoms with E-state index in [0.29, 0.717) is 5.92 Å². The quantitative estimate of drug-likeness (QED) is 0.312. The van der Waals surface area contributed by atoms with Crippen LogP contribution in [0.15, 0.2) is 12.2 Å². The van der Waals surface area contributed by atoms with E-state index >= 15 is 0 Å².